The highest BCUT2D eigenvalue weighted by atomic mass is 32.2. The molecule has 0 N–H and O–H groups in total. The van der Waals surface area contributed by atoms with Crippen LogP contribution in [0.3, 0.4) is 0 Å². The van der Waals surface area contributed by atoms with Gasteiger partial charge in [-0.1, -0.05) is 41.7 Å². The Kier molecular flexibility index (Phi) is 5.02. The van der Waals surface area contributed by atoms with Crippen LogP contribution in [0.5, 0.6) is 0 Å². The van der Waals surface area contributed by atoms with E-state index in [-0.39, 0.29) is 18.2 Å². The number of likely N-dealkylation sites (tertiary alicyclic amines) is 1. The summed E-state index contributed by atoms with van der Waals surface area (Å²) >= 11 is 6.85. The van der Waals surface area contributed by atoms with Gasteiger partial charge in [0.15, 0.2) is 0 Å². The average Bonchev–Trinajstić information content (AvgIpc) is 2.83. The summed E-state index contributed by atoms with van der Waals surface area (Å²) in [4.78, 5) is 28.4. The van der Waals surface area contributed by atoms with Crippen LogP contribution in [0.2, 0.25) is 0 Å². The van der Waals surface area contributed by atoms with E-state index < -0.39 is 5.25 Å². The second-order valence-electron chi connectivity index (χ2n) is 6.03. The van der Waals surface area contributed by atoms with Gasteiger partial charge in [-0.25, -0.2) is 4.90 Å². The molecule has 0 radical (unpaired) electrons. The Morgan fingerprint density at radius 2 is 1.78 bits per heavy atom. The number of benzene rings is 1. The standard InChI is InChI=1S/C17H20N2O2S2/c1-12-5-7-13(8-6-12)19-15(20)11-14(16(19)21)23-17(22)18-9-3-2-4-10-18/h5-8,14H,2-4,9-11H2,1H3/t14-/m0/s1. The van der Waals surface area contributed by atoms with Crippen molar-refractivity contribution < 1.29 is 9.59 Å². The van der Waals surface area contributed by atoms with Crippen molar-refractivity contribution in [3.8, 4) is 0 Å². The van der Waals surface area contributed by atoms with Gasteiger partial charge in [0.05, 0.1) is 5.69 Å². The van der Waals surface area contributed by atoms with Crippen LogP contribution in [-0.4, -0.2) is 39.4 Å². The molecule has 0 aromatic heterocycles. The number of hydrogen-bond acceptors (Lipinski definition) is 4. The number of amides is 2. The molecule has 0 bridgehead atoms. The van der Waals surface area contributed by atoms with Crippen molar-refractivity contribution in [2.45, 2.75) is 37.9 Å². The number of anilines is 1. The zero-order valence-electron chi connectivity index (χ0n) is 13.2. The first-order valence-corrected chi connectivity index (χ1v) is 9.24. The minimum atomic E-state index is -0.391. The van der Waals surface area contributed by atoms with Crippen LogP contribution in [0.15, 0.2) is 24.3 Å². The summed E-state index contributed by atoms with van der Waals surface area (Å²) in [6.07, 6.45) is 3.76. The Balaban J connectivity index is 1.68. The van der Waals surface area contributed by atoms with E-state index in [1.807, 2.05) is 31.2 Å². The van der Waals surface area contributed by atoms with Gasteiger partial charge in [0, 0.05) is 19.5 Å². The summed E-state index contributed by atoms with van der Waals surface area (Å²) in [5.41, 5.74) is 1.75. The molecule has 6 heteroatoms. The van der Waals surface area contributed by atoms with Crippen molar-refractivity contribution in [2.24, 2.45) is 0 Å². The fourth-order valence-corrected chi connectivity index (χ4v) is 4.47. The summed E-state index contributed by atoms with van der Waals surface area (Å²) in [6, 6.07) is 7.46. The van der Waals surface area contributed by atoms with Gasteiger partial charge in [-0.3, -0.25) is 9.59 Å². The van der Waals surface area contributed by atoms with Gasteiger partial charge in [0.1, 0.15) is 9.57 Å². The van der Waals surface area contributed by atoms with Crippen molar-refractivity contribution in [1.29, 1.82) is 0 Å². The third-order valence-corrected chi connectivity index (χ3v) is 5.91. The number of hydrogen-bond donors (Lipinski definition) is 0. The summed E-state index contributed by atoms with van der Waals surface area (Å²) in [7, 11) is 0. The predicted octanol–water partition coefficient (Wildman–Crippen LogP) is 3.13. The Morgan fingerprint density at radius 1 is 1.13 bits per heavy atom. The van der Waals surface area contributed by atoms with Crippen LogP contribution in [0.25, 0.3) is 0 Å². The highest BCUT2D eigenvalue weighted by Gasteiger charge is 2.41. The van der Waals surface area contributed by atoms with Gasteiger partial charge in [0.2, 0.25) is 11.8 Å². The third kappa shape index (κ3) is 3.58. The van der Waals surface area contributed by atoms with Gasteiger partial charge >= 0.3 is 0 Å². The molecule has 1 aromatic rings. The number of thiocarbonyl (C=S) groups is 1. The van der Waals surface area contributed by atoms with E-state index in [0.29, 0.717) is 5.69 Å². The van der Waals surface area contributed by atoms with E-state index in [4.69, 9.17) is 12.2 Å². The van der Waals surface area contributed by atoms with E-state index in [9.17, 15) is 9.59 Å². The molecule has 23 heavy (non-hydrogen) atoms. The lowest BCUT2D eigenvalue weighted by Crippen LogP contribution is -2.35. The first-order valence-electron chi connectivity index (χ1n) is 7.95. The molecule has 4 nitrogen and oxygen atoms in total. The second-order valence-corrected chi connectivity index (χ2v) is 7.86. The van der Waals surface area contributed by atoms with E-state index in [1.165, 1.54) is 23.1 Å². The monoisotopic (exact) mass is 348 g/mol. The molecule has 2 aliphatic rings. The first kappa shape index (κ1) is 16.5. The molecule has 0 saturated carbocycles. The van der Waals surface area contributed by atoms with E-state index >= 15 is 0 Å². The lowest BCUT2D eigenvalue weighted by molar-refractivity contribution is -0.121. The van der Waals surface area contributed by atoms with Gasteiger partial charge in [-0.05, 0) is 38.3 Å². The molecule has 2 aliphatic heterocycles. The normalized spacial score (nSPS) is 21.9. The van der Waals surface area contributed by atoms with Gasteiger partial charge in [0.25, 0.3) is 0 Å². The first-order chi connectivity index (χ1) is 11.1. The van der Waals surface area contributed by atoms with Gasteiger partial charge in [-0.15, -0.1) is 0 Å². The molecule has 1 atom stereocenters. The van der Waals surface area contributed by atoms with Gasteiger partial charge in [-0.2, -0.15) is 0 Å². The van der Waals surface area contributed by atoms with Crippen LogP contribution in [0, 0.1) is 6.92 Å². The maximum Gasteiger partial charge on any atom is 0.247 e. The van der Waals surface area contributed by atoms with Crippen molar-refractivity contribution >= 4 is 45.8 Å². The second kappa shape index (κ2) is 7.01. The summed E-state index contributed by atoms with van der Waals surface area (Å²) in [5, 5.41) is -0.391. The highest BCUT2D eigenvalue weighted by Crippen LogP contribution is 2.31. The van der Waals surface area contributed by atoms with E-state index in [1.54, 1.807) is 0 Å². The molecule has 0 unspecified atom stereocenters. The molecule has 3 rings (SSSR count). The average molecular weight is 348 g/mol. The zero-order valence-corrected chi connectivity index (χ0v) is 14.8. The number of carbonyl (C=O) groups is 2. The molecule has 122 valence electrons. The Bertz CT molecular complexity index is 624. The number of thioether (sulfide) groups is 1. The zero-order chi connectivity index (χ0) is 16.4. The molecule has 2 fully saturated rings. The number of nitrogens with zero attached hydrogens (tertiary/aromatic N) is 2. The van der Waals surface area contributed by atoms with Crippen LogP contribution in [-0.2, 0) is 9.59 Å². The van der Waals surface area contributed by atoms with Crippen LogP contribution in [0.4, 0.5) is 5.69 Å². The number of aryl methyl sites for hydroxylation is 1. The van der Waals surface area contributed by atoms with E-state index in [2.05, 4.69) is 4.90 Å². The lowest BCUT2D eigenvalue weighted by Gasteiger charge is -2.29. The van der Waals surface area contributed by atoms with Gasteiger partial charge < -0.3 is 4.90 Å². The number of piperidine rings is 1. The van der Waals surface area contributed by atoms with Crippen LogP contribution >= 0.6 is 24.0 Å². The van der Waals surface area contributed by atoms with Crippen molar-refractivity contribution in [2.75, 3.05) is 18.0 Å². The number of carbonyl (C=O) groups excluding carboxylic acids is 2. The van der Waals surface area contributed by atoms with Crippen molar-refractivity contribution in [3.63, 3.8) is 0 Å². The highest BCUT2D eigenvalue weighted by molar-refractivity contribution is 8.23. The molecular weight excluding hydrogens is 328 g/mol. The Labute approximate surface area is 146 Å². The summed E-state index contributed by atoms with van der Waals surface area (Å²) < 4.78 is 0.751. The Morgan fingerprint density at radius 3 is 2.43 bits per heavy atom. The lowest BCUT2D eigenvalue weighted by atomic mass is 10.1. The quantitative estimate of drug-likeness (QED) is 0.607. The van der Waals surface area contributed by atoms with Crippen LogP contribution < -0.4 is 4.90 Å². The maximum atomic E-state index is 12.6. The summed E-state index contributed by atoms with van der Waals surface area (Å²) in [6.45, 7) is 3.90. The molecular formula is C17H20N2O2S2. The largest absolute Gasteiger partial charge is 0.358 e. The number of rotatable bonds is 2. The minimum absolute atomic E-state index is 0.141. The fourth-order valence-electron chi connectivity index (χ4n) is 2.93. The topological polar surface area (TPSA) is 40.6 Å². The maximum absolute atomic E-state index is 12.6. The molecule has 0 spiro atoms. The molecule has 2 amide bonds. The SMILES string of the molecule is Cc1ccc(N2C(=O)C[C@H](SC(=S)N3CCCCC3)C2=O)cc1. The Hall–Kier alpha value is -1.40. The fraction of sp³-hybridized carbons (Fsp3) is 0.471. The smallest absolute Gasteiger partial charge is 0.247 e. The molecule has 2 saturated heterocycles. The summed E-state index contributed by atoms with van der Waals surface area (Å²) in [5.74, 6) is -0.291. The van der Waals surface area contributed by atoms with E-state index in [0.717, 1.165) is 35.8 Å². The number of imide groups is 1. The predicted molar refractivity (Wildman–Crippen MR) is 97.7 cm³/mol. The third-order valence-electron chi connectivity index (χ3n) is 4.25. The molecule has 2 heterocycles. The molecule has 1 aromatic carbocycles. The van der Waals surface area contributed by atoms with Crippen molar-refractivity contribution in [1.82, 2.24) is 4.90 Å². The minimum Gasteiger partial charge on any atom is -0.358 e. The molecule has 0 aliphatic carbocycles. The van der Waals surface area contributed by atoms with Crippen LogP contribution in [0.1, 0.15) is 31.2 Å². The van der Waals surface area contributed by atoms with Crippen molar-refractivity contribution in [3.05, 3.63) is 29.8 Å².